The van der Waals surface area contributed by atoms with Gasteiger partial charge in [0.25, 0.3) is 5.56 Å². The van der Waals surface area contributed by atoms with Gasteiger partial charge in [0.2, 0.25) is 5.88 Å². The van der Waals surface area contributed by atoms with Crippen LogP contribution in [0.3, 0.4) is 0 Å². The number of halogens is 1. The van der Waals surface area contributed by atoms with Crippen LogP contribution in [0.5, 0.6) is 11.6 Å². The highest BCUT2D eigenvalue weighted by atomic mass is 79.9. The van der Waals surface area contributed by atoms with E-state index in [-0.39, 0.29) is 21.7 Å². The maximum atomic E-state index is 11.3. The number of rotatable bonds is 3. The van der Waals surface area contributed by atoms with Crippen LogP contribution in [-0.2, 0) is 0 Å². The number of aromatic carboxylic acids is 1. The molecule has 2 heterocycles. The third-order valence-electron chi connectivity index (χ3n) is 1.99. The van der Waals surface area contributed by atoms with E-state index in [1.54, 1.807) is 0 Å². The summed E-state index contributed by atoms with van der Waals surface area (Å²) in [6.07, 6.45) is 3.72. The lowest BCUT2D eigenvalue weighted by Gasteiger charge is -2.07. The van der Waals surface area contributed by atoms with Crippen molar-refractivity contribution < 1.29 is 14.6 Å². The Kier molecular flexibility index (Phi) is 3.38. The highest BCUT2D eigenvalue weighted by molar-refractivity contribution is 9.10. The van der Waals surface area contributed by atoms with Crippen molar-refractivity contribution in [3.63, 3.8) is 0 Å². The average Bonchev–Trinajstić information content (AvgIpc) is 2.35. The first-order valence-electron chi connectivity index (χ1n) is 4.68. The fourth-order valence-corrected chi connectivity index (χ4v) is 1.48. The second-order valence-corrected chi connectivity index (χ2v) is 3.92. The summed E-state index contributed by atoms with van der Waals surface area (Å²) in [5.41, 5.74) is -0.500. The first-order valence-corrected chi connectivity index (χ1v) is 5.47. The van der Waals surface area contributed by atoms with Crippen molar-refractivity contribution in [1.29, 1.82) is 0 Å². The fraction of sp³-hybridized carbons (Fsp3) is 0. The number of hydrogen-bond donors (Lipinski definition) is 2. The molecule has 0 aliphatic carbocycles. The van der Waals surface area contributed by atoms with Gasteiger partial charge in [-0.1, -0.05) is 0 Å². The summed E-state index contributed by atoms with van der Waals surface area (Å²) in [6, 6.07) is 1.29. The summed E-state index contributed by atoms with van der Waals surface area (Å²) >= 11 is 3.00. The number of hydrogen-bond acceptors (Lipinski definition) is 5. The van der Waals surface area contributed by atoms with Gasteiger partial charge in [0.05, 0.1) is 12.5 Å². The topological polar surface area (TPSA) is 105 Å². The molecule has 0 fully saturated rings. The van der Waals surface area contributed by atoms with E-state index in [4.69, 9.17) is 9.84 Å². The highest BCUT2D eigenvalue weighted by Gasteiger charge is 2.14. The SMILES string of the molecule is O=C(O)c1ccncc1Oc1nc[nH]c(=O)c1Br. The lowest BCUT2D eigenvalue weighted by atomic mass is 10.2. The number of aromatic amines is 1. The number of aromatic nitrogens is 3. The van der Waals surface area contributed by atoms with E-state index in [9.17, 15) is 9.59 Å². The number of nitrogens with one attached hydrogen (secondary N) is 1. The molecule has 0 aliphatic rings. The smallest absolute Gasteiger partial charge is 0.339 e. The van der Waals surface area contributed by atoms with Crippen LogP contribution in [0.15, 0.2) is 34.1 Å². The minimum Gasteiger partial charge on any atom is -0.478 e. The van der Waals surface area contributed by atoms with Gasteiger partial charge in [-0.2, -0.15) is 0 Å². The number of carbonyl (C=O) groups is 1. The van der Waals surface area contributed by atoms with Crippen molar-refractivity contribution in [3.8, 4) is 11.6 Å². The van der Waals surface area contributed by atoms with E-state index >= 15 is 0 Å². The van der Waals surface area contributed by atoms with E-state index in [0.29, 0.717) is 0 Å². The van der Waals surface area contributed by atoms with E-state index in [1.165, 1.54) is 18.5 Å². The minimum absolute atomic E-state index is 0.00352. The van der Waals surface area contributed by atoms with Gasteiger partial charge in [0, 0.05) is 6.20 Å². The molecule has 0 radical (unpaired) electrons. The van der Waals surface area contributed by atoms with E-state index in [0.717, 1.165) is 6.33 Å². The monoisotopic (exact) mass is 311 g/mol. The molecule has 0 bridgehead atoms. The molecule has 0 aliphatic heterocycles. The van der Waals surface area contributed by atoms with Gasteiger partial charge in [0.15, 0.2) is 5.75 Å². The van der Waals surface area contributed by atoms with Crippen LogP contribution in [0.4, 0.5) is 0 Å². The Labute approximate surface area is 109 Å². The van der Waals surface area contributed by atoms with Crippen LogP contribution >= 0.6 is 15.9 Å². The van der Waals surface area contributed by atoms with Crippen molar-refractivity contribution in [1.82, 2.24) is 15.0 Å². The molecule has 18 heavy (non-hydrogen) atoms. The Morgan fingerprint density at radius 2 is 2.28 bits per heavy atom. The normalized spacial score (nSPS) is 10.1. The number of pyridine rings is 1. The van der Waals surface area contributed by atoms with Gasteiger partial charge in [-0.25, -0.2) is 9.78 Å². The predicted molar refractivity (Wildman–Crippen MR) is 63.8 cm³/mol. The zero-order valence-corrected chi connectivity index (χ0v) is 10.3. The Morgan fingerprint density at radius 3 is 3.00 bits per heavy atom. The first-order chi connectivity index (χ1) is 8.59. The zero-order valence-electron chi connectivity index (χ0n) is 8.75. The van der Waals surface area contributed by atoms with Crippen molar-refractivity contribution in [2.45, 2.75) is 0 Å². The maximum absolute atomic E-state index is 11.3. The summed E-state index contributed by atoms with van der Waals surface area (Å²) in [6.45, 7) is 0. The third kappa shape index (κ3) is 2.38. The molecule has 2 aromatic rings. The summed E-state index contributed by atoms with van der Waals surface area (Å²) in [5, 5.41) is 8.96. The Hall–Kier alpha value is -2.22. The standard InChI is InChI=1S/C10H6BrN3O4/c11-7-8(15)13-4-14-9(7)18-6-3-12-2-1-5(6)10(16)17/h1-4H,(H,16,17)(H,13,14,15). The molecule has 0 aromatic carbocycles. The average molecular weight is 312 g/mol. The molecule has 2 rings (SSSR count). The summed E-state index contributed by atoms with van der Waals surface area (Å²) in [7, 11) is 0. The van der Waals surface area contributed by atoms with Gasteiger partial charge in [-0.3, -0.25) is 9.78 Å². The molecule has 0 atom stereocenters. The first kappa shape index (κ1) is 12.2. The second-order valence-electron chi connectivity index (χ2n) is 3.13. The van der Waals surface area contributed by atoms with Crippen molar-refractivity contribution in [2.75, 3.05) is 0 Å². The van der Waals surface area contributed by atoms with Gasteiger partial charge < -0.3 is 14.8 Å². The summed E-state index contributed by atoms with van der Waals surface area (Å²) < 4.78 is 5.34. The molecule has 0 saturated heterocycles. The van der Waals surface area contributed by atoms with E-state index in [2.05, 4.69) is 30.9 Å². The molecule has 2 N–H and O–H groups in total. The number of carboxylic acids is 1. The second kappa shape index (κ2) is 4.96. The lowest BCUT2D eigenvalue weighted by molar-refractivity contribution is 0.0694. The van der Waals surface area contributed by atoms with Crippen molar-refractivity contribution in [3.05, 3.63) is 45.2 Å². The molecule has 0 amide bonds. The lowest BCUT2D eigenvalue weighted by Crippen LogP contribution is -2.09. The van der Waals surface area contributed by atoms with Crippen LogP contribution in [0, 0.1) is 0 Å². The predicted octanol–water partition coefficient (Wildman–Crippen LogP) is 1.42. The van der Waals surface area contributed by atoms with E-state index in [1.807, 2.05) is 0 Å². The van der Waals surface area contributed by atoms with E-state index < -0.39 is 11.5 Å². The minimum atomic E-state index is -1.16. The van der Waals surface area contributed by atoms with Crippen LogP contribution in [0.25, 0.3) is 0 Å². The van der Waals surface area contributed by atoms with Crippen molar-refractivity contribution >= 4 is 21.9 Å². The number of H-pyrrole nitrogens is 1. The molecule has 92 valence electrons. The van der Waals surface area contributed by atoms with Crippen LogP contribution in [0.2, 0.25) is 0 Å². The molecular weight excluding hydrogens is 306 g/mol. The number of nitrogens with zero attached hydrogens (tertiary/aromatic N) is 2. The van der Waals surface area contributed by atoms with Crippen molar-refractivity contribution in [2.24, 2.45) is 0 Å². The molecule has 0 spiro atoms. The van der Waals surface area contributed by atoms with Crippen LogP contribution in [0.1, 0.15) is 10.4 Å². The number of ether oxygens (including phenoxy) is 1. The molecule has 2 aromatic heterocycles. The maximum Gasteiger partial charge on any atom is 0.339 e. The van der Waals surface area contributed by atoms with Gasteiger partial charge in [-0.15, -0.1) is 0 Å². The van der Waals surface area contributed by atoms with Gasteiger partial charge >= 0.3 is 5.97 Å². The third-order valence-corrected chi connectivity index (χ3v) is 2.69. The van der Waals surface area contributed by atoms with Crippen LogP contribution in [-0.4, -0.2) is 26.0 Å². The summed E-state index contributed by atoms with van der Waals surface area (Å²) in [4.78, 5) is 32.1. The molecule has 8 heteroatoms. The Bertz CT molecular complexity index is 656. The number of carboxylic acid groups (broad SMARTS) is 1. The molecule has 0 saturated carbocycles. The Morgan fingerprint density at radius 1 is 1.50 bits per heavy atom. The van der Waals surface area contributed by atoms with Crippen LogP contribution < -0.4 is 10.3 Å². The largest absolute Gasteiger partial charge is 0.478 e. The zero-order chi connectivity index (χ0) is 13.1. The highest BCUT2D eigenvalue weighted by Crippen LogP contribution is 2.26. The fourth-order valence-electron chi connectivity index (χ4n) is 1.18. The quantitative estimate of drug-likeness (QED) is 0.888. The molecule has 7 nitrogen and oxygen atoms in total. The van der Waals surface area contributed by atoms with Gasteiger partial charge in [0.1, 0.15) is 10.0 Å². The molecule has 0 unspecified atom stereocenters. The summed E-state index contributed by atoms with van der Waals surface area (Å²) in [5.74, 6) is -1.19. The Balaban J connectivity index is 2.43. The van der Waals surface area contributed by atoms with Gasteiger partial charge in [-0.05, 0) is 22.0 Å². The molecular formula is C10H6BrN3O4.